The lowest BCUT2D eigenvalue weighted by Gasteiger charge is -2.18. The van der Waals surface area contributed by atoms with Crippen molar-refractivity contribution in [2.45, 2.75) is 25.6 Å². The molecule has 0 amide bonds. The van der Waals surface area contributed by atoms with E-state index >= 15 is 0 Å². The first-order valence-electron chi connectivity index (χ1n) is 4.69. The number of nitrogens with two attached hydrogens (primary N) is 1. The zero-order valence-corrected chi connectivity index (χ0v) is 8.00. The summed E-state index contributed by atoms with van der Waals surface area (Å²) in [6.07, 6.45) is -0.312. The topological polar surface area (TPSA) is 26.0 Å². The highest BCUT2D eigenvalue weighted by Gasteiger charge is 2.55. The summed E-state index contributed by atoms with van der Waals surface area (Å²) < 4.78 is 25.6. The zero-order valence-electron chi connectivity index (χ0n) is 8.00. The SMILES string of the molecule is CC1(C(N)c2ccc(F)cc2)CC1F. The lowest BCUT2D eigenvalue weighted by molar-refractivity contribution is 0.332. The first kappa shape index (κ1) is 9.59. The van der Waals surface area contributed by atoms with E-state index in [0.29, 0.717) is 6.42 Å². The van der Waals surface area contributed by atoms with Gasteiger partial charge in [-0.2, -0.15) is 0 Å². The molecule has 0 saturated heterocycles. The third-order valence-electron chi connectivity index (χ3n) is 3.11. The number of rotatable bonds is 2. The van der Waals surface area contributed by atoms with E-state index in [4.69, 9.17) is 5.73 Å². The van der Waals surface area contributed by atoms with Gasteiger partial charge >= 0.3 is 0 Å². The molecule has 0 bridgehead atoms. The molecular weight excluding hydrogens is 184 g/mol. The molecule has 1 saturated carbocycles. The molecule has 3 unspecified atom stereocenters. The van der Waals surface area contributed by atoms with Gasteiger partial charge < -0.3 is 5.73 Å². The van der Waals surface area contributed by atoms with E-state index in [0.717, 1.165) is 5.56 Å². The van der Waals surface area contributed by atoms with E-state index in [1.807, 2.05) is 6.92 Å². The van der Waals surface area contributed by atoms with Crippen molar-refractivity contribution in [3.05, 3.63) is 35.6 Å². The molecule has 0 aromatic heterocycles. The minimum absolute atomic E-state index is 0.293. The number of benzene rings is 1. The van der Waals surface area contributed by atoms with Crippen molar-refractivity contribution in [3.63, 3.8) is 0 Å². The molecular formula is C11H13F2N. The molecule has 1 fully saturated rings. The van der Waals surface area contributed by atoms with E-state index in [9.17, 15) is 8.78 Å². The Morgan fingerprint density at radius 1 is 1.43 bits per heavy atom. The molecule has 0 spiro atoms. The van der Waals surface area contributed by atoms with E-state index < -0.39 is 11.6 Å². The van der Waals surface area contributed by atoms with Gasteiger partial charge in [0.2, 0.25) is 0 Å². The first-order chi connectivity index (χ1) is 6.54. The molecule has 3 atom stereocenters. The number of hydrogen-bond donors (Lipinski definition) is 1. The molecule has 1 aliphatic rings. The van der Waals surface area contributed by atoms with E-state index in [2.05, 4.69) is 0 Å². The molecule has 2 N–H and O–H groups in total. The van der Waals surface area contributed by atoms with Crippen LogP contribution in [0.2, 0.25) is 0 Å². The highest BCUT2D eigenvalue weighted by molar-refractivity contribution is 5.25. The summed E-state index contributed by atoms with van der Waals surface area (Å²) in [6.45, 7) is 1.83. The standard InChI is InChI=1S/C11H13F2N/c1-11(6-9(11)13)10(14)7-2-4-8(12)5-3-7/h2-5,9-10H,6,14H2,1H3. The maximum Gasteiger partial charge on any atom is 0.123 e. The summed E-state index contributed by atoms with van der Waals surface area (Å²) >= 11 is 0. The smallest absolute Gasteiger partial charge is 0.123 e. The normalized spacial score (nSPS) is 32.7. The lowest BCUT2D eigenvalue weighted by atomic mass is 9.92. The summed E-state index contributed by atoms with van der Waals surface area (Å²) in [5.74, 6) is -0.293. The number of halogens is 2. The molecule has 0 radical (unpaired) electrons. The Bertz CT molecular complexity index is 336. The van der Waals surface area contributed by atoms with Gasteiger partial charge in [0.1, 0.15) is 12.0 Å². The van der Waals surface area contributed by atoms with Gasteiger partial charge in [-0.15, -0.1) is 0 Å². The average Bonchev–Trinajstić information content (AvgIpc) is 2.76. The van der Waals surface area contributed by atoms with Gasteiger partial charge in [-0.1, -0.05) is 19.1 Å². The number of hydrogen-bond acceptors (Lipinski definition) is 1. The van der Waals surface area contributed by atoms with Crippen LogP contribution in [-0.4, -0.2) is 6.17 Å². The predicted molar refractivity (Wildman–Crippen MR) is 50.9 cm³/mol. The summed E-state index contributed by atoms with van der Waals surface area (Å²) in [6, 6.07) is 5.62. The Hall–Kier alpha value is -0.960. The summed E-state index contributed by atoms with van der Waals surface area (Å²) in [7, 11) is 0. The van der Waals surface area contributed by atoms with Gasteiger partial charge in [0.15, 0.2) is 0 Å². The van der Waals surface area contributed by atoms with Crippen LogP contribution in [0.1, 0.15) is 24.9 Å². The highest BCUT2D eigenvalue weighted by Crippen LogP contribution is 2.55. The van der Waals surface area contributed by atoms with Crippen molar-refractivity contribution in [3.8, 4) is 0 Å². The molecule has 0 aliphatic heterocycles. The molecule has 1 nitrogen and oxygen atoms in total. The Labute approximate surface area is 81.9 Å². The number of alkyl halides is 1. The first-order valence-corrected chi connectivity index (χ1v) is 4.69. The Morgan fingerprint density at radius 2 is 1.93 bits per heavy atom. The van der Waals surface area contributed by atoms with Crippen LogP contribution < -0.4 is 5.73 Å². The van der Waals surface area contributed by atoms with Crippen molar-refractivity contribution < 1.29 is 8.78 Å². The van der Waals surface area contributed by atoms with Crippen LogP contribution in [0.3, 0.4) is 0 Å². The Balaban J connectivity index is 2.20. The van der Waals surface area contributed by atoms with Crippen molar-refractivity contribution in [1.82, 2.24) is 0 Å². The second kappa shape index (κ2) is 3.02. The third kappa shape index (κ3) is 1.42. The highest BCUT2D eigenvalue weighted by atomic mass is 19.1. The summed E-state index contributed by atoms with van der Waals surface area (Å²) in [5, 5.41) is 0. The molecule has 0 heterocycles. The van der Waals surface area contributed by atoms with Gasteiger partial charge in [0.25, 0.3) is 0 Å². The second-order valence-corrected chi connectivity index (χ2v) is 4.21. The fourth-order valence-corrected chi connectivity index (χ4v) is 1.70. The molecule has 76 valence electrons. The van der Waals surface area contributed by atoms with Gasteiger partial charge in [0, 0.05) is 11.5 Å². The molecule has 1 aliphatic carbocycles. The predicted octanol–water partition coefficient (Wildman–Crippen LogP) is 2.57. The van der Waals surface area contributed by atoms with Gasteiger partial charge in [0.05, 0.1) is 0 Å². The van der Waals surface area contributed by atoms with Crippen LogP contribution >= 0.6 is 0 Å². The fourth-order valence-electron chi connectivity index (χ4n) is 1.70. The molecule has 1 aromatic carbocycles. The maximum absolute atomic E-state index is 13.0. The van der Waals surface area contributed by atoms with Crippen molar-refractivity contribution in [2.75, 3.05) is 0 Å². The van der Waals surface area contributed by atoms with Crippen molar-refractivity contribution in [2.24, 2.45) is 11.1 Å². The van der Waals surface area contributed by atoms with Gasteiger partial charge in [-0.05, 0) is 24.1 Å². The van der Waals surface area contributed by atoms with Crippen LogP contribution in [0, 0.1) is 11.2 Å². The van der Waals surface area contributed by atoms with Crippen molar-refractivity contribution in [1.29, 1.82) is 0 Å². The van der Waals surface area contributed by atoms with Crippen LogP contribution in [0.5, 0.6) is 0 Å². The van der Waals surface area contributed by atoms with E-state index in [1.54, 1.807) is 12.1 Å². The monoisotopic (exact) mass is 197 g/mol. The van der Waals surface area contributed by atoms with Crippen LogP contribution in [0.25, 0.3) is 0 Å². The van der Waals surface area contributed by atoms with Crippen molar-refractivity contribution >= 4 is 0 Å². The zero-order chi connectivity index (χ0) is 10.3. The minimum atomic E-state index is -0.817. The fraction of sp³-hybridized carbons (Fsp3) is 0.455. The third-order valence-corrected chi connectivity index (χ3v) is 3.11. The summed E-state index contributed by atoms with van der Waals surface area (Å²) in [4.78, 5) is 0. The molecule has 2 rings (SSSR count). The quantitative estimate of drug-likeness (QED) is 0.774. The van der Waals surface area contributed by atoms with Gasteiger partial charge in [-0.25, -0.2) is 8.78 Å². The van der Waals surface area contributed by atoms with Gasteiger partial charge in [-0.3, -0.25) is 0 Å². The Morgan fingerprint density at radius 3 is 2.36 bits per heavy atom. The molecule has 14 heavy (non-hydrogen) atoms. The maximum atomic E-state index is 13.0. The van der Waals surface area contributed by atoms with E-state index in [1.165, 1.54) is 12.1 Å². The second-order valence-electron chi connectivity index (χ2n) is 4.21. The Kier molecular flexibility index (Phi) is 2.07. The summed E-state index contributed by atoms with van der Waals surface area (Å²) in [5.41, 5.74) is 6.27. The molecule has 1 aromatic rings. The van der Waals surface area contributed by atoms with E-state index in [-0.39, 0.29) is 11.9 Å². The van der Waals surface area contributed by atoms with Crippen LogP contribution in [0.4, 0.5) is 8.78 Å². The lowest BCUT2D eigenvalue weighted by Crippen LogP contribution is -2.22. The largest absolute Gasteiger partial charge is 0.323 e. The average molecular weight is 197 g/mol. The van der Waals surface area contributed by atoms with Crippen LogP contribution in [0.15, 0.2) is 24.3 Å². The van der Waals surface area contributed by atoms with Crippen LogP contribution in [-0.2, 0) is 0 Å². The minimum Gasteiger partial charge on any atom is -0.323 e. The molecule has 3 heteroatoms.